The van der Waals surface area contributed by atoms with E-state index in [1.165, 1.54) is 35.5 Å². The van der Waals surface area contributed by atoms with Crippen LogP contribution in [0, 0.1) is 0 Å². The van der Waals surface area contributed by atoms with Gasteiger partial charge in [-0.05, 0) is 61.2 Å². The Morgan fingerprint density at radius 2 is 1.80 bits per heavy atom. The molecule has 1 aliphatic rings. The number of sulfonamides is 1. The molecule has 1 heterocycles. The van der Waals surface area contributed by atoms with Gasteiger partial charge in [-0.1, -0.05) is 25.1 Å². The first-order valence-corrected chi connectivity index (χ1v) is 11.5. The van der Waals surface area contributed by atoms with Crippen molar-refractivity contribution in [2.75, 3.05) is 6.54 Å². The normalized spacial score (nSPS) is 13.2. The molecule has 0 aliphatic heterocycles. The summed E-state index contributed by atoms with van der Waals surface area (Å²) in [6, 6.07) is 15.9. The van der Waals surface area contributed by atoms with Gasteiger partial charge >= 0.3 is 0 Å². The Morgan fingerprint density at radius 1 is 1.07 bits per heavy atom. The number of para-hydroxylation sites is 1. The van der Waals surface area contributed by atoms with Crippen LogP contribution in [-0.4, -0.2) is 30.7 Å². The molecular formula is C22H24N4O3S. The lowest BCUT2D eigenvalue weighted by Gasteiger charge is -2.07. The van der Waals surface area contributed by atoms with Crippen LogP contribution in [-0.2, 0) is 29.4 Å². The van der Waals surface area contributed by atoms with Gasteiger partial charge in [0.1, 0.15) is 0 Å². The van der Waals surface area contributed by atoms with Crippen LogP contribution in [0.25, 0.3) is 5.69 Å². The average Bonchev–Trinajstić information content (AvgIpc) is 3.36. The Morgan fingerprint density at radius 3 is 2.50 bits per heavy atom. The van der Waals surface area contributed by atoms with Crippen LogP contribution in [0.2, 0.25) is 0 Å². The van der Waals surface area contributed by atoms with Crippen molar-refractivity contribution < 1.29 is 13.2 Å². The Labute approximate surface area is 176 Å². The molecule has 30 heavy (non-hydrogen) atoms. The summed E-state index contributed by atoms with van der Waals surface area (Å²) in [5.74, 6) is -0.261. The van der Waals surface area contributed by atoms with Crippen LogP contribution in [0.1, 0.15) is 40.7 Å². The maximum absolute atomic E-state index is 12.6. The second kappa shape index (κ2) is 8.41. The van der Waals surface area contributed by atoms with Gasteiger partial charge in [0.15, 0.2) is 0 Å². The zero-order chi connectivity index (χ0) is 21.1. The topological polar surface area (TPSA) is 93.1 Å². The number of carbonyl (C=O) groups excluding carboxylic acids is 1. The third kappa shape index (κ3) is 4.01. The number of hydrogen-bond acceptors (Lipinski definition) is 4. The van der Waals surface area contributed by atoms with E-state index in [2.05, 4.69) is 10.0 Å². The van der Waals surface area contributed by atoms with Crippen molar-refractivity contribution in [2.45, 2.75) is 37.6 Å². The predicted octanol–water partition coefficient (Wildman–Crippen LogP) is 2.59. The second-order valence-electron chi connectivity index (χ2n) is 7.18. The van der Waals surface area contributed by atoms with Gasteiger partial charge in [0.25, 0.3) is 5.91 Å². The number of benzene rings is 2. The van der Waals surface area contributed by atoms with Gasteiger partial charge in [-0.15, -0.1) is 0 Å². The highest BCUT2D eigenvalue weighted by molar-refractivity contribution is 7.89. The molecule has 0 saturated heterocycles. The van der Waals surface area contributed by atoms with Crippen LogP contribution in [0.4, 0.5) is 0 Å². The Hall–Kier alpha value is -2.97. The van der Waals surface area contributed by atoms with Crippen molar-refractivity contribution in [3.8, 4) is 5.69 Å². The minimum Gasteiger partial charge on any atom is -0.346 e. The van der Waals surface area contributed by atoms with Crippen molar-refractivity contribution in [3.63, 3.8) is 0 Å². The first-order valence-electron chi connectivity index (χ1n) is 10.0. The molecule has 7 nitrogen and oxygen atoms in total. The number of rotatable bonds is 7. The third-order valence-electron chi connectivity index (χ3n) is 5.19. The maximum Gasteiger partial charge on any atom is 0.251 e. The van der Waals surface area contributed by atoms with Gasteiger partial charge in [0.2, 0.25) is 10.0 Å². The molecule has 2 N–H and O–H groups in total. The lowest BCUT2D eigenvalue weighted by molar-refractivity contribution is 0.0950. The summed E-state index contributed by atoms with van der Waals surface area (Å²) in [5, 5.41) is 7.66. The molecule has 1 amide bonds. The minimum absolute atomic E-state index is 0.139. The summed E-state index contributed by atoms with van der Waals surface area (Å²) in [5.41, 5.74) is 4.73. The van der Waals surface area contributed by atoms with Crippen LogP contribution in [0.3, 0.4) is 0 Å². The van der Waals surface area contributed by atoms with E-state index in [-0.39, 0.29) is 10.8 Å². The third-order valence-corrected chi connectivity index (χ3v) is 6.75. The Kier molecular flexibility index (Phi) is 5.69. The first kappa shape index (κ1) is 20.3. The summed E-state index contributed by atoms with van der Waals surface area (Å²) >= 11 is 0. The molecule has 0 bridgehead atoms. The van der Waals surface area contributed by atoms with E-state index >= 15 is 0 Å². The largest absolute Gasteiger partial charge is 0.346 e. The summed E-state index contributed by atoms with van der Waals surface area (Å²) in [4.78, 5) is 12.7. The number of fused-ring (bicyclic) bond motifs is 1. The zero-order valence-corrected chi connectivity index (χ0v) is 17.6. The SMILES string of the molecule is CCNS(=O)(=O)c1ccc(C(=O)NCc2nn(-c3ccccc3)c3c2CCC3)cc1. The number of nitrogens with zero attached hydrogens (tertiary/aromatic N) is 2. The van der Waals surface area contributed by atoms with E-state index in [0.717, 1.165) is 30.6 Å². The van der Waals surface area contributed by atoms with E-state index in [9.17, 15) is 13.2 Å². The fraction of sp³-hybridized carbons (Fsp3) is 0.273. The molecule has 0 unspecified atom stereocenters. The van der Waals surface area contributed by atoms with Crippen LogP contribution < -0.4 is 10.0 Å². The van der Waals surface area contributed by atoms with E-state index in [0.29, 0.717) is 18.7 Å². The molecule has 0 fully saturated rings. The smallest absolute Gasteiger partial charge is 0.251 e. The molecule has 1 aliphatic carbocycles. The minimum atomic E-state index is -3.53. The highest BCUT2D eigenvalue weighted by Crippen LogP contribution is 2.27. The van der Waals surface area contributed by atoms with Gasteiger partial charge < -0.3 is 5.32 Å². The van der Waals surface area contributed by atoms with Gasteiger partial charge in [-0.25, -0.2) is 17.8 Å². The van der Waals surface area contributed by atoms with Crippen LogP contribution >= 0.6 is 0 Å². The van der Waals surface area contributed by atoms with Crippen LogP contribution in [0.5, 0.6) is 0 Å². The van der Waals surface area contributed by atoms with Crippen molar-refractivity contribution in [2.24, 2.45) is 0 Å². The Balaban J connectivity index is 1.48. The van der Waals surface area contributed by atoms with Gasteiger partial charge in [-0.2, -0.15) is 5.10 Å². The average molecular weight is 425 g/mol. The first-order chi connectivity index (χ1) is 14.5. The number of nitrogens with one attached hydrogen (secondary N) is 2. The lowest BCUT2D eigenvalue weighted by Crippen LogP contribution is -2.25. The number of aromatic nitrogens is 2. The van der Waals surface area contributed by atoms with Gasteiger partial charge in [-0.3, -0.25) is 4.79 Å². The van der Waals surface area contributed by atoms with Crippen molar-refractivity contribution in [1.29, 1.82) is 0 Å². The van der Waals surface area contributed by atoms with E-state index in [4.69, 9.17) is 5.10 Å². The van der Waals surface area contributed by atoms with E-state index in [1.54, 1.807) is 6.92 Å². The Bertz CT molecular complexity index is 1150. The summed E-state index contributed by atoms with van der Waals surface area (Å²) in [6.07, 6.45) is 3.03. The fourth-order valence-corrected chi connectivity index (χ4v) is 4.80. The van der Waals surface area contributed by atoms with E-state index in [1.807, 2.05) is 35.0 Å². The molecule has 0 radical (unpaired) electrons. The van der Waals surface area contributed by atoms with Gasteiger partial charge in [0, 0.05) is 17.8 Å². The summed E-state index contributed by atoms with van der Waals surface area (Å²) < 4.78 is 28.5. The van der Waals surface area contributed by atoms with Gasteiger partial charge in [0.05, 0.1) is 22.8 Å². The molecule has 0 spiro atoms. The quantitative estimate of drug-likeness (QED) is 0.610. The highest BCUT2D eigenvalue weighted by atomic mass is 32.2. The van der Waals surface area contributed by atoms with Crippen molar-refractivity contribution >= 4 is 15.9 Å². The molecule has 8 heteroatoms. The number of hydrogen-bond donors (Lipinski definition) is 2. The van der Waals surface area contributed by atoms with Crippen molar-refractivity contribution in [1.82, 2.24) is 19.8 Å². The summed E-state index contributed by atoms with van der Waals surface area (Å²) in [7, 11) is -3.53. The fourth-order valence-electron chi connectivity index (χ4n) is 3.76. The molecule has 4 rings (SSSR count). The molecule has 3 aromatic rings. The molecule has 0 saturated carbocycles. The lowest BCUT2D eigenvalue weighted by atomic mass is 10.2. The summed E-state index contributed by atoms with van der Waals surface area (Å²) in [6.45, 7) is 2.36. The predicted molar refractivity (Wildman–Crippen MR) is 114 cm³/mol. The number of carbonyl (C=O) groups is 1. The molecule has 2 aromatic carbocycles. The zero-order valence-electron chi connectivity index (χ0n) is 16.8. The van der Waals surface area contributed by atoms with Crippen LogP contribution in [0.15, 0.2) is 59.5 Å². The maximum atomic E-state index is 12.6. The molecule has 156 valence electrons. The standard InChI is InChI=1S/C22H24N4O3S/c1-2-24-30(28,29)18-13-11-16(12-14-18)22(27)23-15-20-19-9-6-10-21(19)26(25-20)17-7-4-3-5-8-17/h3-5,7-8,11-14,24H,2,6,9-10,15H2,1H3,(H,23,27). The van der Waals surface area contributed by atoms with Crippen molar-refractivity contribution in [3.05, 3.63) is 77.1 Å². The monoisotopic (exact) mass is 424 g/mol. The second-order valence-corrected chi connectivity index (χ2v) is 8.95. The van der Waals surface area contributed by atoms with E-state index < -0.39 is 10.0 Å². The molecule has 0 atom stereocenters. The molecule has 1 aromatic heterocycles. The molecular weight excluding hydrogens is 400 g/mol. The highest BCUT2D eigenvalue weighted by Gasteiger charge is 2.23. The number of amides is 1.